The Kier molecular flexibility index (Phi) is 4.02. The molecule has 1 unspecified atom stereocenters. The van der Waals surface area contributed by atoms with E-state index in [0.29, 0.717) is 16.7 Å². The lowest BCUT2D eigenvalue weighted by atomic mass is 10.0. The van der Waals surface area contributed by atoms with E-state index in [1.54, 1.807) is 7.11 Å². The third-order valence-electron chi connectivity index (χ3n) is 3.80. The summed E-state index contributed by atoms with van der Waals surface area (Å²) in [5.74, 6) is 1.04. The quantitative estimate of drug-likeness (QED) is 0.834. The van der Waals surface area contributed by atoms with Crippen LogP contribution in [0, 0.1) is 11.7 Å². The standard InChI is InChI=1S/C17H17ClFNO/c1-21-16-10-14(8-9-15(16)18)20-17(11-2-3-11)12-4-6-13(19)7-5-12/h4-11,17,20H,2-3H2,1H3. The van der Waals surface area contributed by atoms with Crippen molar-refractivity contribution >= 4 is 17.3 Å². The van der Waals surface area contributed by atoms with Crippen LogP contribution in [0.15, 0.2) is 42.5 Å². The van der Waals surface area contributed by atoms with Crippen LogP contribution < -0.4 is 10.1 Å². The number of methoxy groups -OCH3 is 1. The van der Waals surface area contributed by atoms with Crippen molar-refractivity contribution in [3.05, 3.63) is 58.9 Å². The normalized spacial score (nSPS) is 15.6. The van der Waals surface area contributed by atoms with Gasteiger partial charge in [-0.2, -0.15) is 0 Å². The van der Waals surface area contributed by atoms with Crippen LogP contribution in [0.4, 0.5) is 10.1 Å². The highest BCUT2D eigenvalue weighted by Gasteiger charge is 2.32. The smallest absolute Gasteiger partial charge is 0.139 e. The number of rotatable bonds is 5. The number of nitrogens with one attached hydrogen (secondary N) is 1. The maximum absolute atomic E-state index is 13.1. The SMILES string of the molecule is COc1cc(NC(c2ccc(F)cc2)C2CC2)ccc1Cl. The van der Waals surface area contributed by atoms with E-state index >= 15 is 0 Å². The summed E-state index contributed by atoms with van der Waals surface area (Å²) in [6.45, 7) is 0. The Hall–Kier alpha value is -1.74. The largest absolute Gasteiger partial charge is 0.495 e. The molecule has 1 N–H and O–H groups in total. The van der Waals surface area contributed by atoms with Crippen LogP contribution in [0.1, 0.15) is 24.4 Å². The van der Waals surface area contributed by atoms with Gasteiger partial charge in [0.15, 0.2) is 0 Å². The van der Waals surface area contributed by atoms with Gasteiger partial charge in [0.25, 0.3) is 0 Å². The average Bonchev–Trinajstić information content (AvgIpc) is 3.32. The van der Waals surface area contributed by atoms with Gasteiger partial charge in [0.05, 0.1) is 18.2 Å². The molecular weight excluding hydrogens is 289 g/mol. The van der Waals surface area contributed by atoms with Crippen LogP contribution in [0.25, 0.3) is 0 Å². The molecule has 2 nitrogen and oxygen atoms in total. The van der Waals surface area contributed by atoms with Crippen molar-refractivity contribution in [3.8, 4) is 5.75 Å². The van der Waals surface area contributed by atoms with Crippen molar-refractivity contribution in [3.63, 3.8) is 0 Å². The third kappa shape index (κ3) is 3.30. The molecule has 1 aliphatic rings. The maximum atomic E-state index is 13.1. The highest BCUT2D eigenvalue weighted by molar-refractivity contribution is 6.32. The predicted octanol–water partition coefficient (Wildman–Crippen LogP) is 5.05. The summed E-state index contributed by atoms with van der Waals surface area (Å²) >= 11 is 6.05. The zero-order valence-corrected chi connectivity index (χ0v) is 12.5. The van der Waals surface area contributed by atoms with Crippen molar-refractivity contribution in [1.82, 2.24) is 0 Å². The molecule has 21 heavy (non-hydrogen) atoms. The van der Waals surface area contributed by atoms with Gasteiger partial charge in [-0.25, -0.2) is 4.39 Å². The molecule has 0 heterocycles. The molecule has 0 bridgehead atoms. The van der Waals surface area contributed by atoms with E-state index in [-0.39, 0.29) is 11.9 Å². The summed E-state index contributed by atoms with van der Waals surface area (Å²) in [5.41, 5.74) is 2.06. The summed E-state index contributed by atoms with van der Waals surface area (Å²) < 4.78 is 18.3. The Bertz CT molecular complexity index is 625. The van der Waals surface area contributed by atoms with Crippen LogP contribution in [-0.2, 0) is 0 Å². The second kappa shape index (κ2) is 5.94. The number of benzene rings is 2. The Morgan fingerprint density at radius 2 is 1.90 bits per heavy atom. The van der Waals surface area contributed by atoms with Gasteiger partial charge in [-0.1, -0.05) is 23.7 Å². The summed E-state index contributed by atoms with van der Waals surface area (Å²) in [7, 11) is 1.60. The molecule has 4 heteroatoms. The highest BCUT2D eigenvalue weighted by Crippen LogP contribution is 2.43. The molecule has 0 radical (unpaired) electrons. The zero-order chi connectivity index (χ0) is 14.8. The number of anilines is 1. The molecule has 1 aliphatic carbocycles. The molecule has 0 aromatic heterocycles. The second-order valence-electron chi connectivity index (χ2n) is 5.36. The van der Waals surface area contributed by atoms with E-state index in [1.807, 2.05) is 30.3 Å². The van der Waals surface area contributed by atoms with Crippen LogP contribution in [-0.4, -0.2) is 7.11 Å². The van der Waals surface area contributed by atoms with Crippen molar-refractivity contribution in [2.45, 2.75) is 18.9 Å². The first kappa shape index (κ1) is 14.2. The second-order valence-corrected chi connectivity index (χ2v) is 5.77. The summed E-state index contributed by atoms with van der Waals surface area (Å²) in [4.78, 5) is 0. The monoisotopic (exact) mass is 305 g/mol. The fraction of sp³-hybridized carbons (Fsp3) is 0.294. The van der Waals surface area contributed by atoms with Crippen LogP contribution in [0.2, 0.25) is 5.02 Å². The summed E-state index contributed by atoms with van der Waals surface area (Å²) in [6, 6.07) is 12.5. The fourth-order valence-electron chi connectivity index (χ4n) is 2.50. The topological polar surface area (TPSA) is 21.3 Å². The summed E-state index contributed by atoms with van der Waals surface area (Å²) in [5, 5.41) is 4.11. The molecule has 0 aliphatic heterocycles. The molecule has 110 valence electrons. The van der Waals surface area contributed by atoms with E-state index in [0.717, 1.165) is 11.3 Å². The van der Waals surface area contributed by atoms with Crippen molar-refractivity contribution in [2.75, 3.05) is 12.4 Å². The minimum absolute atomic E-state index is 0.191. The van der Waals surface area contributed by atoms with Gasteiger partial charge in [0.2, 0.25) is 0 Å². The molecule has 2 aromatic rings. The van der Waals surface area contributed by atoms with Crippen LogP contribution >= 0.6 is 11.6 Å². The Morgan fingerprint density at radius 3 is 2.52 bits per heavy atom. The molecule has 0 spiro atoms. The van der Waals surface area contributed by atoms with Crippen molar-refractivity contribution in [2.24, 2.45) is 5.92 Å². The molecule has 0 saturated heterocycles. The predicted molar refractivity (Wildman–Crippen MR) is 83.5 cm³/mol. The minimum atomic E-state index is -0.207. The van der Waals surface area contributed by atoms with Gasteiger partial charge in [0.1, 0.15) is 11.6 Å². The maximum Gasteiger partial charge on any atom is 0.139 e. The summed E-state index contributed by atoms with van der Waals surface area (Å²) in [6.07, 6.45) is 2.39. The first-order valence-corrected chi connectivity index (χ1v) is 7.40. The van der Waals surface area contributed by atoms with E-state index in [9.17, 15) is 4.39 Å². The van der Waals surface area contributed by atoms with Gasteiger partial charge >= 0.3 is 0 Å². The van der Waals surface area contributed by atoms with Crippen molar-refractivity contribution < 1.29 is 9.13 Å². The Balaban J connectivity index is 1.84. The molecule has 1 atom stereocenters. The minimum Gasteiger partial charge on any atom is -0.495 e. The number of hydrogen-bond acceptors (Lipinski definition) is 2. The van der Waals surface area contributed by atoms with Crippen LogP contribution in [0.5, 0.6) is 5.75 Å². The van der Waals surface area contributed by atoms with E-state index in [2.05, 4.69) is 5.32 Å². The molecule has 1 saturated carbocycles. The third-order valence-corrected chi connectivity index (χ3v) is 4.11. The number of ether oxygens (including phenoxy) is 1. The number of hydrogen-bond donors (Lipinski definition) is 1. The van der Waals surface area contributed by atoms with E-state index in [4.69, 9.17) is 16.3 Å². The van der Waals surface area contributed by atoms with Crippen LogP contribution in [0.3, 0.4) is 0 Å². The van der Waals surface area contributed by atoms with E-state index in [1.165, 1.54) is 25.0 Å². The highest BCUT2D eigenvalue weighted by atomic mass is 35.5. The first-order chi connectivity index (χ1) is 10.2. The molecule has 3 rings (SSSR count). The average molecular weight is 306 g/mol. The zero-order valence-electron chi connectivity index (χ0n) is 11.8. The van der Waals surface area contributed by atoms with Gasteiger partial charge in [-0.15, -0.1) is 0 Å². The van der Waals surface area contributed by atoms with Gasteiger partial charge < -0.3 is 10.1 Å². The Labute approximate surface area is 128 Å². The lowest BCUT2D eigenvalue weighted by Crippen LogP contribution is -2.13. The lowest BCUT2D eigenvalue weighted by Gasteiger charge is -2.20. The fourth-order valence-corrected chi connectivity index (χ4v) is 2.70. The van der Waals surface area contributed by atoms with Gasteiger partial charge in [-0.05, 0) is 48.6 Å². The van der Waals surface area contributed by atoms with Gasteiger partial charge in [0, 0.05) is 11.8 Å². The molecule has 2 aromatic carbocycles. The van der Waals surface area contributed by atoms with E-state index < -0.39 is 0 Å². The lowest BCUT2D eigenvalue weighted by molar-refractivity contribution is 0.415. The molecular formula is C17H17ClFNO. The Morgan fingerprint density at radius 1 is 1.19 bits per heavy atom. The van der Waals surface area contributed by atoms with Gasteiger partial charge in [-0.3, -0.25) is 0 Å². The number of halogens is 2. The molecule has 0 amide bonds. The first-order valence-electron chi connectivity index (χ1n) is 7.03. The van der Waals surface area contributed by atoms with Crippen molar-refractivity contribution in [1.29, 1.82) is 0 Å². The molecule has 1 fully saturated rings.